The van der Waals surface area contributed by atoms with E-state index in [1.807, 2.05) is 36.4 Å². The molecule has 1 unspecified atom stereocenters. The van der Waals surface area contributed by atoms with E-state index in [-0.39, 0.29) is 12.5 Å². The van der Waals surface area contributed by atoms with Crippen LogP contribution in [0.25, 0.3) is 0 Å². The summed E-state index contributed by atoms with van der Waals surface area (Å²) in [4.78, 5) is 23.9. The van der Waals surface area contributed by atoms with Crippen LogP contribution in [0.15, 0.2) is 54.6 Å². The van der Waals surface area contributed by atoms with E-state index in [1.165, 1.54) is 0 Å². The van der Waals surface area contributed by atoms with Gasteiger partial charge in [0.15, 0.2) is 0 Å². The summed E-state index contributed by atoms with van der Waals surface area (Å²) < 4.78 is 0. The Morgan fingerprint density at radius 1 is 1.00 bits per heavy atom. The van der Waals surface area contributed by atoms with Gasteiger partial charge in [-0.15, -0.1) is 0 Å². The lowest BCUT2D eigenvalue weighted by atomic mass is 9.93. The minimum absolute atomic E-state index is 0.0545. The van der Waals surface area contributed by atoms with Crippen LogP contribution in [0.4, 0.5) is 5.69 Å². The lowest BCUT2D eigenvalue weighted by Gasteiger charge is -2.16. The van der Waals surface area contributed by atoms with E-state index >= 15 is 0 Å². The van der Waals surface area contributed by atoms with Gasteiger partial charge >= 0.3 is 11.8 Å². The Morgan fingerprint density at radius 2 is 1.69 bits per heavy atom. The van der Waals surface area contributed by atoms with Gasteiger partial charge in [0, 0.05) is 13.2 Å². The minimum Gasteiger partial charge on any atom is -0.396 e. The molecule has 0 bridgehead atoms. The lowest BCUT2D eigenvalue weighted by Crippen LogP contribution is -2.36. The van der Waals surface area contributed by atoms with Gasteiger partial charge in [-0.05, 0) is 36.5 Å². The molecule has 0 aliphatic rings. The smallest absolute Gasteiger partial charge is 0.313 e. The van der Waals surface area contributed by atoms with E-state index in [0.29, 0.717) is 30.6 Å². The first-order chi connectivity index (χ1) is 12.7. The normalized spacial score (nSPS) is 11.2. The minimum atomic E-state index is -0.814. The molecule has 0 aromatic heterocycles. The van der Waals surface area contributed by atoms with Gasteiger partial charge in [-0.3, -0.25) is 9.59 Å². The van der Waals surface area contributed by atoms with Crippen LogP contribution in [0, 0.1) is 11.3 Å². The highest BCUT2D eigenvalue weighted by Crippen LogP contribution is 2.22. The van der Waals surface area contributed by atoms with Crippen LogP contribution in [-0.4, -0.2) is 30.1 Å². The molecule has 3 N–H and O–H groups in total. The number of hydrogen-bond acceptors (Lipinski definition) is 4. The third-order valence-corrected chi connectivity index (χ3v) is 4.03. The van der Waals surface area contributed by atoms with E-state index in [2.05, 4.69) is 10.6 Å². The average Bonchev–Trinajstić information content (AvgIpc) is 2.68. The number of carbonyl (C=O) groups excluding carboxylic acids is 2. The summed E-state index contributed by atoms with van der Waals surface area (Å²) in [5.41, 5.74) is 1.68. The summed E-state index contributed by atoms with van der Waals surface area (Å²) in [6, 6.07) is 18.2. The number of carbonyl (C=O) groups is 2. The standard InChI is InChI=1S/C20H21N3O3/c21-14-17-8-4-5-9-18(17)23-20(26)19(25)22-12-10-16(11-13-24)15-6-2-1-3-7-15/h1-9,16,24H,10-13H2,(H,22,25)(H,23,26). The van der Waals surface area contributed by atoms with E-state index in [0.717, 1.165) is 5.56 Å². The van der Waals surface area contributed by atoms with Crippen LogP contribution in [0.3, 0.4) is 0 Å². The van der Waals surface area contributed by atoms with Gasteiger partial charge in [0.25, 0.3) is 0 Å². The maximum atomic E-state index is 12.0. The zero-order valence-corrected chi connectivity index (χ0v) is 14.3. The number of aliphatic hydroxyl groups excluding tert-OH is 1. The van der Waals surface area contributed by atoms with Crippen LogP contribution >= 0.6 is 0 Å². The van der Waals surface area contributed by atoms with E-state index < -0.39 is 11.8 Å². The maximum absolute atomic E-state index is 12.0. The molecule has 0 saturated heterocycles. The summed E-state index contributed by atoms with van der Waals surface area (Å²) in [6.45, 7) is 0.366. The quantitative estimate of drug-likeness (QED) is 0.665. The van der Waals surface area contributed by atoms with Crippen LogP contribution < -0.4 is 10.6 Å². The topological polar surface area (TPSA) is 102 Å². The van der Waals surface area contributed by atoms with Crippen molar-refractivity contribution >= 4 is 17.5 Å². The predicted octanol–water partition coefficient (Wildman–Crippen LogP) is 2.17. The summed E-state index contributed by atoms with van der Waals surface area (Å²) in [5.74, 6) is -1.47. The highest BCUT2D eigenvalue weighted by molar-refractivity contribution is 6.39. The first kappa shape index (κ1) is 19.2. The number of benzene rings is 2. The zero-order chi connectivity index (χ0) is 18.8. The van der Waals surface area contributed by atoms with Gasteiger partial charge in [-0.2, -0.15) is 5.26 Å². The third kappa shape index (κ3) is 5.43. The highest BCUT2D eigenvalue weighted by atomic mass is 16.3. The summed E-state index contributed by atoms with van der Waals surface area (Å²) >= 11 is 0. The summed E-state index contributed by atoms with van der Waals surface area (Å²) in [7, 11) is 0. The monoisotopic (exact) mass is 351 g/mol. The Bertz CT molecular complexity index is 784. The largest absolute Gasteiger partial charge is 0.396 e. The molecule has 2 amide bonds. The molecule has 0 saturated carbocycles. The molecule has 0 fully saturated rings. The van der Waals surface area contributed by atoms with Gasteiger partial charge in [0.1, 0.15) is 6.07 Å². The van der Waals surface area contributed by atoms with Crippen LogP contribution in [0.5, 0.6) is 0 Å². The van der Waals surface area contributed by atoms with E-state index in [1.54, 1.807) is 24.3 Å². The van der Waals surface area contributed by atoms with Crippen molar-refractivity contribution in [3.8, 4) is 6.07 Å². The zero-order valence-electron chi connectivity index (χ0n) is 14.3. The summed E-state index contributed by atoms with van der Waals surface area (Å²) in [5, 5.41) is 23.3. The van der Waals surface area contributed by atoms with Gasteiger partial charge in [0.2, 0.25) is 0 Å². The first-order valence-electron chi connectivity index (χ1n) is 8.39. The van der Waals surface area contributed by atoms with Crippen molar-refractivity contribution in [2.45, 2.75) is 18.8 Å². The number of nitrogens with zero attached hydrogens (tertiary/aromatic N) is 1. The fraction of sp³-hybridized carbons (Fsp3) is 0.250. The maximum Gasteiger partial charge on any atom is 0.313 e. The Labute approximate surface area is 152 Å². The fourth-order valence-corrected chi connectivity index (χ4v) is 2.67. The molecule has 1 atom stereocenters. The number of rotatable bonds is 7. The van der Waals surface area contributed by atoms with Crippen LogP contribution in [0.2, 0.25) is 0 Å². The Balaban J connectivity index is 1.87. The van der Waals surface area contributed by atoms with Crippen molar-refractivity contribution in [3.63, 3.8) is 0 Å². The molecule has 6 heteroatoms. The Morgan fingerprint density at radius 3 is 2.38 bits per heavy atom. The second-order valence-electron chi connectivity index (χ2n) is 5.78. The van der Waals surface area contributed by atoms with Crippen molar-refractivity contribution in [2.24, 2.45) is 0 Å². The number of anilines is 1. The third-order valence-electron chi connectivity index (χ3n) is 4.03. The summed E-state index contributed by atoms with van der Waals surface area (Å²) in [6.07, 6.45) is 1.19. The molecule has 0 spiro atoms. The first-order valence-corrected chi connectivity index (χ1v) is 8.39. The molecular weight excluding hydrogens is 330 g/mol. The van der Waals surface area contributed by atoms with Crippen molar-refractivity contribution in [1.29, 1.82) is 5.26 Å². The molecular formula is C20H21N3O3. The average molecular weight is 351 g/mol. The molecule has 0 aliphatic heterocycles. The number of nitriles is 1. The second-order valence-corrected chi connectivity index (χ2v) is 5.78. The van der Waals surface area contributed by atoms with Crippen molar-refractivity contribution in [3.05, 3.63) is 65.7 Å². The van der Waals surface area contributed by atoms with Gasteiger partial charge in [0.05, 0.1) is 11.3 Å². The molecule has 2 aromatic carbocycles. The number of aliphatic hydroxyl groups is 1. The van der Waals surface area contributed by atoms with Crippen molar-refractivity contribution in [2.75, 3.05) is 18.5 Å². The van der Waals surface area contributed by atoms with Gasteiger partial charge in [-0.1, -0.05) is 42.5 Å². The van der Waals surface area contributed by atoms with E-state index in [4.69, 9.17) is 5.26 Å². The van der Waals surface area contributed by atoms with Crippen molar-refractivity contribution < 1.29 is 14.7 Å². The number of nitrogens with one attached hydrogen (secondary N) is 2. The molecule has 2 aromatic rings. The van der Waals surface area contributed by atoms with Crippen LogP contribution in [0.1, 0.15) is 29.9 Å². The fourth-order valence-electron chi connectivity index (χ4n) is 2.67. The lowest BCUT2D eigenvalue weighted by molar-refractivity contribution is -0.136. The second kappa shape index (κ2) is 9.97. The Hall–Kier alpha value is -3.17. The molecule has 6 nitrogen and oxygen atoms in total. The molecule has 0 radical (unpaired) electrons. The highest BCUT2D eigenvalue weighted by Gasteiger charge is 2.16. The Kier molecular flexibility index (Phi) is 7.34. The van der Waals surface area contributed by atoms with Gasteiger partial charge < -0.3 is 15.7 Å². The van der Waals surface area contributed by atoms with E-state index in [9.17, 15) is 14.7 Å². The molecule has 134 valence electrons. The number of para-hydroxylation sites is 1. The predicted molar refractivity (Wildman–Crippen MR) is 98.3 cm³/mol. The molecule has 26 heavy (non-hydrogen) atoms. The van der Waals surface area contributed by atoms with Gasteiger partial charge in [-0.25, -0.2) is 0 Å². The SMILES string of the molecule is N#Cc1ccccc1NC(=O)C(=O)NCCC(CCO)c1ccccc1. The number of hydrogen-bond donors (Lipinski definition) is 3. The molecule has 0 heterocycles. The van der Waals surface area contributed by atoms with Crippen LogP contribution in [-0.2, 0) is 9.59 Å². The van der Waals surface area contributed by atoms with Crippen molar-refractivity contribution in [1.82, 2.24) is 5.32 Å². The molecule has 2 rings (SSSR count). The molecule has 0 aliphatic carbocycles. The number of amides is 2.